The average Bonchev–Trinajstić information content (AvgIpc) is 3.06. The van der Waals surface area contributed by atoms with E-state index in [2.05, 4.69) is 36.6 Å². The van der Waals surface area contributed by atoms with Crippen LogP contribution >= 0.6 is 11.6 Å². The molecule has 3 aromatic rings. The normalized spacial score (nSPS) is 14.6. The van der Waals surface area contributed by atoms with E-state index in [4.69, 9.17) is 11.6 Å². The van der Waals surface area contributed by atoms with Gasteiger partial charge in [0.25, 0.3) is 0 Å². The molecule has 0 atom stereocenters. The number of fused-ring (bicyclic) bond motifs is 1. The van der Waals surface area contributed by atoms with Crippen molar-refractivity contribution in [2.24, 2.45) is 11.3 Å². The second-order valence-electron chi connectivity index (χ2n) is 10.8. The van der Waals surface area contributed by atoms with Crippen LogP contribution in [0.2, 0.25) is 5.02 Å². The highest BCUT2D eigenvalue weighted by atomic mass is 35.5. The summed E-state index contributed by atoms with van der Waals surface area (Å²) in [5, 5.41) is 1.60. The number of benzene rings is 2. The van der Waals surface area contributed by atoms with Gasteiger partial charge in [-0.05, 0) is 60.6 Å². The molecule has 0 N–H and O–H groups in total. The third-order valence-corrected chi connectivity index (χ3v) is 7.80. The number of hydrogen-bond donors (Lipinski definition) is 0. The molecule has 0 radical (unpaired) electrons. The van der Waals surface area contributed by atoms with E-state index in [0.717, 1.165) is 28.7 Å². The van der Waals surface area contributed by atoms with E-state index in [1.165, 1.54) is 24.8 Å². The molecule has 2 aromatic carbocycles. The molecule has 1 aromatic heterocycles. The molecule has 1 aliphatic carbocycles. The Morgan fingerprint density at radius 1 is 1.09 bits per heavy atom. The van der Waals surface area contributed by atoms with Crippen LogP contribution < -0.4 is 0 Å². The van der Waals surface area contributed by atoms with Crippen LogP contribution in [0.25, 0.3) is 10.9 Å². The summed E-state index contributed by atoms with van der Waals surface area (Å²) >= 11 is 6.10. The molecule has 0 spiro atoms. The Labute approximate surface area is 208 Å². The Balaban J connectivity index is 1.97. The number of aromatic nitrogens is 1. The van der Waals surface area contributed by atoms with Crippen LogP contribution in [-0.4, -0.2) is 16.1 Å². The summed E-state index contributed by atoms with van der Waals surface area (Å²) in [6.07, 6.45) is 4.76. The topological polar surface area (TPSA) is 39.1 Å². The Bertz CT molecular complexity index is 1210. The fourth-order valence-electron chi connectivity index (χ4n) is 5.10. The van der Waals surface area contributed by atoms with Crippen LogP contribution in [0.1, 0.15) is 93.4 Å². The summed E-state index contributed by atoms with van der Waals surface area (Å²) in [6, 6.07) is 13.7. The number of nitrogens with zero attached hydrogens (tertiary/aromatic N) is 1. The lowest BCUT2D eigenvalue weighted by Gasteiger charge is -2.29. The molecule has 1 fully saturated rings. The van der Waals surface area contributed by atoms with E-state index in [-0.39, 0.29) is 11.6 Å². The van der Waals surface area contributed by atoms with Gasteiger partial charge in [0.05, 0.1) is 5.56 Å². The van der Waals surface area contributed by atoms with Crippen molar-refractivity contribution in [3.8, 4) is 0 Å². The number of rotatable bonds is 9. The molecule has 0 unspecified atom stereocenters. The second-order valence-corrected chi connectivity index (χ2v) is 11.3. The van der Waals surface area contributed by atoms with Crippen LogP contribution in [-0.2, 0) is 17.8 Å². The molecule has 0 amide bonds. The minimum atomic E-state index is -0.545. The first-order valence-corrected chi connectivity index (χ1v) is 13.0. The maximum absolute atomic E-state index is 14.0. The highest BCUT2D eigenvalue weighted by Gasteiger charge is 2.33. The lowest BCUT2D eigenvalue weighted by Crippen LogP contribution is -2.29. The van der Waals surface area contributed by atoms with Gasteiger partial charge in [0.1, 0.15) is 5.78 Å². The maximum Gasteiger partial charge on any atom is 0.195 e. The van der Waals surface area contributed by atoms with Gasteiger partial charge in [-0.1, -0.05) is 64.8 Å². The standard InChI is InChI=1S/C30H36ClNO2/c1-6-27(33)30(4,5)17-26-28(29(34)21-10-13-23(31)14-11-21)24-15-12-22(19(2)3)16-25(24)32(26)18-20-8-7-9-20/h10-16,19-20H,6-9,17-18H2,1-5H3. The fraction of sp³-hybridized carbons (Fsp3) is 0.467. The van der Waals surface area contributed by atoms with Crippen molar-refractivity contribution in [1.29, 1.82) is 0 Å². The Morgan fingerprint density at radius 3 is 2.32 bits per heavy atom. The first-order valence-electron chi connectivity index (χ1n) is 12.6. The zero-order chi connectivity index (χ0) is 24.6. The van der Waals surface area contributed by atoms with Crippen molar-refractivity contribution >= 4 is 34.1 Å². The third kappa shape index (κ3) is 4.73. The van der Waals surface area contributed by atoms with E-state index in [1.807, 2.05) is 20.8 Å². The number of halogens is 1. The van der Waals surface area contributed by atoms with Gasteiger partial charge >= 0.3 is 0 Å². The zero-order valence-electron chi connectivity index (χ0n) is 21.1. The van der Waals surface area contributed by atoms with Crippen molar-refractivity contribution in [3.05, 3.63) is 69.9 Å². The van der Waals surface area contributed by atoms with Gasteiger partial charge < -0.3 is 4.57 Å². The summed E-state index contributed by atoms with van der Waals surface area (Å²) in [5.41, 5.74) is 4.20. The van der Waals surface area contributed by atoms with Crippen molar-refractivity contribution in [2.75, 3.05) is 0 Å². The summed E-state index contributed by atoms with van der Waals surface area (Å²) in [5.74, 6) is 1.25. The SMILES string of the molecule is CCC(=O)C(C)(C)Cc1c(C(=O)c2ccc(Cl)cc2)c2ccc(C(C)C)cc2n1CC1CCC1. The molecular formula is C30H36ClNO2. The third-order valence-electron chi connectivity index (χ3n) is 7.55. The molecule has 4 heteroatoms. The predicted octanol–water partition coefficient (Wildman–Crippen LogP) is 8.00. The molecule has 34 heavy (non-hydrogen) atoms. The van der Waals surface area contributed by atoms with Crippen molar-refractivity contribution in [1.82, 2.24) is 4.57 Å². The first kappa shape index (κ1) is 24.7. The number of Topliss-reactive ketones (excluding diaryl/α,β-unsaturated/α-hetero) is 1. The number of ketones is 2. The van der Waals surface area contributed by atoms with Gasteiger partial charge in [-0.2, -0.15) is 0 Å². The molecule has 1 heterocycles. The van der Waals surface area contributed by atoms with Gasteiger partial charge in [0.2, 0.25) is 0 Å². The quantitative estimate of drug-likeness (QED) is 0.293. The molecule has 3 nitrogen and oxygen atoms in total. The highest BCUT2D eigenvalue weighted by molar-refractivity contribution is 6.30. The summed E-state index contributed by atoms with van der Waals surface area (Å²) < 4.78 is 2.37. The fourth-order valence-corrected chi connectivity index (χ4v) is 5.22. The van der Waals surface area contributed by atoms with Crippen molar-refractivity contribution < 1.29 is 9.59 Å². The van der Waals surface area contributed by atoms with E-state index in [0.29, 0.717) is 35.3 Å². The van der Waals surface area contributed by atoms with Gasteiger partial charge in [0, 0.05) is 52.0 Å². The zero-order valence-corrected chi connectivity index (χ0v) is 21.8. The molecule has 4 rings (SSSR count). The predicted molar refractivity (Wildman–Crippen MR) is 141 cm³/mol. The lowest BCUT2D eigenvalue weighted by molar-refractivity contribution is -0.126. The van der Waals surface area contributed by atoms with E-state index >= 15 is 0 Å². The molecular weight excluding hydrogens is 442 g/mol. The average molecular weight is 478 g/mol. The molecule has 0 saturated heterocycles. The van der Waals surface area contributed by atoms with Crippen LogP contribution in [0.15, 0.2) is 42.5 Å². The molecule has 0 aliphatic heterocycles. The maximum atomic E-state index is 14.0. The molecule has 1 saturated carbocycles. The van der Waals surface area contributed by atoms with Crippen molar-refractivity contribution in [2.45, 2.75) is 79.2 Å². The van der Waals surface area contributed by atoms with Crippen molar-refractivity contribution in [3.63, 3.8) is 0 Å². The lowest BCUT2D eigenvalue weighted by atomic mass is 9.80. The summed E-state index contributed by atoms with van der Waals surface area (Å²) in [7, 11) is 0. The minimum absolute atomic E-state index is 0.000991. The molecule has 1 aliphatic rings. The Hall–Kier alpha value is -2.39. The van der Waals surface area contributed by atoms with E-state index < -0.39 is 5.41 Å². The number of hydrogen-bond acceptors (Lipinski definition) is 2. The smallest absolute Gasteiger partial charge is 0.195 e. The van der Waals surface area contributed by atoms with Gasteiger partial charge in [0.15, 0.2) is 5.78 Å². The molecule has 0 bridgehead atoms. The minimum Gasteiger partial charge on any atom is -0.344 e. The monoisotopic (exact) mass is 477 g/mol. The van der Waals surface area contributed by atoms with Crippen LogP contribution in [0, 0.1) is 11.3 Å². The Morgan fingerprint density at radius 2 is 1.76 bits per heavy atom. The molecule has 180 valence electrons. The van der Waals surface area contributed by atoms with Crippen LogP contribution in [0.4, 0.5) is 0 Å². The van der Waals surface area contributed by atoms with Crippen LogP contribution in [0.5, 0.6) is 0 Å². The number of carbonyl (C=O) groups is 2. The van der Waals surface area contributed by atoms with Crippen LogP contribution in [0.3, 0.4) is 0 Å². The Kier molecular flexibility index (Phi) is 7.05. The van der Waals surface area contributed by atoms with E-state index in [9.17, 15) is 9.59 Å². The van der Waals surface area contributed by atoms with Gasteiger partial charge in [-0.25, -0.2) is 0 Å². The van der Waals surface area contributed by atoms with E-state index in [1.54, 1.807) is 24.3 Å². The first-order chi connectivity index (χ1) is 16.1. The largest absolute Gasteiger partial charge is 0.344 e. The highest BCUT2D eigenvalue weighted by Crippen LogP contribution is 2.38. The summed E-state index contributed by atoms with van der Waals surface area (Å²) in [4.78, 5) is 26.9. The number of carbonyl (C=O) groups excluding carboxylic acids is 2. The summed E-state index contributed by atoms with van der Waals surface area (Å²) in [6.45, 7) is 11.2. The van der Waals surface area contributed by atoms with Gasteiger partial charge in [-0.15, -0.1) is 0 Å². The van der Waals surface area contributed by atoms with Gasteiger partial charge in [-0.3, -0.25) is 9.59 Å². The second kappa shape index (κ2) is 9.70.